The van der Waals surface area contributed by atoms with Crippen LogP contribution < -0.4 is 0 Å². The highest BCUT2D eigenvalue weighted by molar-refractivity contribution is 7.22. The molecule has 0 unspecified atom stereocenters. The van der Waals surface area contributed by atoms with E-state index in [1.807, 2.05) is 42.5 Å². The van der Waals surface area contributed by atoms with E-state index in [1.54, 1.807) is 11.3 Å². The van der Waals surface area contributed by atoms with Crippen molar-refractivity contribution < 1.29 is 0 Å². The minimum Gasteiger partial charge on any atom is -0.236 e. The maximum Gasteiger partial charge on any atom is 0.164 e. The van der Waals surface area contributed by atoms with Crippen LogP contribution in [0.4, 0.5) is 0 Å². The van der Waals surface area contributed by atoms with E-state index in [9.17, 15) is 0 Å². The Bertz CT molecular complexity index is 2250. The SMILES string of the molecule is c1ccc(-c2ccc(-c3nc(-c4ccccc4)nc(-c4cccc(-c5cccc6nc(-c7ccccc7)sc56)c4)n3)cc2)cc1. The van der Waals surface area contributed by atoms with Gasteiger partial charge in [0, 0.05) is 27.8 Å². The highest BCUT2D eigenvalue weighted by atomic mass is 32.1. The van der Waals surface area contributed by atoms with Crippen LogP contribution in [0.1, 0.15) is 0 Å². The second kappa shape index (κ2) is 11.7. The van der Waals surface area contributed by atoms with Gasteiger partial charge in [0.05, 0.1) is 10.2 Å². The molecule has 0 amide bonds. The lowest BCUT2D eigenvalue weighted by atomic mass is 10.0. The monoisotopic (exact) mass is 594 g/mol. The van der Waals surface area contributed by atoms with Crippen molar-refractivity contribution >= 4 is 21.6 Å². The molecule has 212 valence electrons. The van der Waals surface area contributed by atoms with Gasteiger partial charge >= 0.3 is 0 Å². The number of rotatable bonds is 6. The van der Waals surface area contributed by atoms with Gasteiger partial charge in [-0.15, -0.1) is 11.3 Å². The molecule has 0 radical (unpaired) electrons. The first kappa shape index (κ1) is 26.8. The van der Waals surface area contributed by atoms with Crippen LogP contribution in [-0.4, -0.2) is 19.9 Å². The van der Waals surface area contributed by atoms with Gasteiger partial charge in [-0.3, -0.25) is 0 Å². The molecule has 2 aromatic heterocycles. The Morgan fingerprint density at radius 2 is 0.800 bits per heavy atom. The van der Waals surface area contributed by atoms with Crippen LogP contribution in [-0.2, 0) is 0 Å². The van der Waals surface area contributed by atoms with Gasteiger partial charge in [0.2, 0.25) is 0 Å². The fourth-order valence-corrected chi connectivity index (χ4v) is 6.60. The van der Waals surface area contributed by atoms with E-state index in [1.165, 1.54) is 5.56 Å². The van der Waals surface area contributed by atoms with Crippen molar-refractivity contribution in [2.24, 2.45) is 0 Å². The number of thiazole rings is 1. The zero-order valence-electron chi connectivity index (χ0n) is 24.2. The molecule has 8 aromatic rings. The highest BCUT2D eigenvalue weighted by Crippen LogP contribution is 2.38. The molecule has 0 aliphatic heterocycles. The number of aromatic nitrogens is 4. The van der Waals surface area contributed by atoms with Crippen molar-refractivity contribution in [2.75, 3.05) is 0 Å². The molecular formula is C40H26N4S. The molecule has 6 aromatic carbocycles. The molecule has 0 atom stereocenters. The lowest BCUT2D eigenvalue weighted by Gasteiger charge is -2.10. The van der Waals surface area contributed by atoms with Gasteiger partial charge in [-0.1, -0.05) is 146 Å². The van der Waals surface area contributed by atoms with E-state index < -0.39 is 0 Å². The molecule has 8 rings (SSSR count). The molecule has 0 bridgehead atoms. The van der Waals surface area contributed by atoms with E-state index in [2.05, 4.69) is 115 Å². The Kier molecular flexibility index (Phi) is 6.98. The molecule has 2 heterocycles. The maximum absolute atomic E-state index is 5.01. The average molecular weight is 595 g/mol. The lowest BCUT2D eigenvalue weighted by molar-refractivity contribution is 1.07. The Hall–Kier alpha value is -5.78. The van der Waals surface area contributed by atoms with E-state index in [-0.39, 0.29) is 0 Å². The summed E-state index contributed by atoms with van der Waals surface area (Å²) in [5.41, 5.74) is 9.50. The summed E-state index contributed by atoms with van der Waals surface area (Å²) in [5, 5.41) is 1.02. The number of fused-ring (bicyclic) bond motifs is 1. The summed E-state index contributed by atoms with van der Waals surface area (Å²) < 4.78 is 1.16. The summed E-state index contributed by atoms with van der Waals surface area (Å²) in [4.78, 5) is 19.9. The molecule has 0 saturated carbocycles. The molecule has 0 saturated heterocycles. The molecule has 0 N–H and O–H groups in total. The first-order chi connectivity index (χ1) is 22.3. The number of hydrogen-bond acceptors (Lipinski definition) is 5. The van der Waals surface area contributed by atoms with Crippen LogP contribution in [0.5, 0.6) is 0 Å². The third-order valence-electron chi connectivity index (χ3n) is 7.79. The van der Waals surface area contributed by atoms with Gasteiger partial charge in [0.25, 0.3) is 0 Å². The summed E-state index contributed by atoms with van der Waals surface area (Å²) in [6.45, 7) is 0. The first-order valence-corrected chi connectivity index (χ1v) is 15.6. The topological polar surface area (TPSA) is 51.6 Å². The predicted molar refractivity (Wildman–Crippen MR) is 186 cm³/mol. The van der Waals surface area contributed by atoms with Crippen LogP contribution in [0.25, 0.3) is 77.2 Å². The Morgan fingerprint density at radius 1 is 0.333 bits per heavy atom. The molecule has 0 fully saturated rings. The van der Waals surface area contributed by atoms with Crippen molar-refractivity contribution in [1.29, 1.82) is 0 Å². The molecular weight excluding hydrogens is 569 g/mol. The average Bonchev–Trinajstić information content (AvgIpc) is 3.58. The summed E-state index contributed by atoms with van der Waals surface area (Å²) in [5.74, 6) is 1.92. The van der Waals surface area contributed by atoms with Crippen molar-refractivity contribution in [2.45, 2.75) is 0 Å². The first-order valence-electron chi connectivity index (χ1n) is 14.8. The zero-order chi connectivity index (χ0) is 30.0. The largest absolute Gasteiger partial charge is 0.236 e. The molecule has 0 aliphatic rings. The van der Waals surface area contributed by atoms with Crippen LogP contribution >= 0.6 is 11.3 Å². The Labute approximate surface area is 265 Å². The van der Waals surface area contributed by atoms with Crippen LogP contribution in [0.15, 0.2) is 158 Å². The summed E-state index contributed by atoms with van der Waals surface area (Å²) >= 11 is 1.72. The predicted octanol–water partition coefficient (Wildman–Crippen LogP) is 10.5. The van der Waals surface area contributed by atoms with E-state index in [0.717, 1.165) is 54.2 Å². The van der Waals surface area contributed by atoms with Gasteiger partial charge < -0.3 is 0 Å². The number of nitrogens with zero attached hydrogens (tertiary/aromatic N) is 4. The summed E-state index contributed by atoms with van der Waals surface area (Å²) in [6, 6.07) is 54.0. The number of hydrogen-bond donors (Lipinski definition) is 0. The molecule has 45 heavy (non-hydrogen) atoms. The summed E-state index contributed by atoms with van der Waals surface area (Å²) in [7, 11) is 0. The van der Waals surface area contributed by atoms with Crippen molar-refractivity contribution in [1.82, 2.24) is 19.9 Å². The minimum atomic E-state index is 0.634. The quantitative estimate of drug-likeness (QED) is 0.192. The summed E-state index contributed by atoms with van der Waals surface area (Å²) in [6.07, 6.45) is 0. The fraction of sp³-hybridized carbons (Fsp3) is 0. The number of benzene rings is 6. The normalized spacial score (nSPS) is 11.1. The fourth-order valence-electron chi connectivity index (χ4n) is 5.50. The van der Waals surface area contributed by atoms with E-state index >= 15 is 0 Å². The standard InChI is InChI=1S/C40H26N4S/c1-4-12-27(13-5-1)28-22-24-30(25-23-28)38-42-37(29-14-6-2-7-15-29)43-39(44-38)33-19-10-18-32(26-33)34-20-11-21-35-36(34)45-40(41-35)31-16-8-3-9-17-31/h1-26H. The van der Waals surface area contributed by atoms with Crippen molar-refractivity contribution in [3.05, 3.63) is 158 Å². The second-order valence-corrected chi connectivity index (χ2v) is 11.7. The van der Waals surface area contributed by atoms with Crippen molar-refractivity contribution in [3.8, 4) is 67.0 Å². The lowest BCUT2D eigenvalue weighted by Crippen LogP contribution is -2.00. The molecule has 0 spiro atoms. The van der Waals surface area contributed by atoms with Crippen LogP contribution in [0.3, 0.4) is 0 Å². The Morgan fingerprint density at radius 3 is 1.47 bits per heavy atom. The van der Waals surface area contributed by atoms with E-state index in [4.69, 9.17) is 19.9 Å². The molecule has 5 heteroatoms. The van der Waals surface area contributed by atoms with Gasteiger partial charge in [-0.2, -0.15) is 0 Å². The highest BCUT2D eigenvalue weighted by Gasteiger charge is 2.15. The minimum absolute atomic E-state index is 0.634. The van der Waals surface area contributed by atoms with Crippen LogP contribution in [0.2, 0.25) is 0 Å². The third-order valence-corrected chi connectivity index (χ3v) is 8.94. The third kappa shape index (κ3) is 5.42. The van der Waals surface area contributed by atoms with Crippen LogP contribution in [0, 0.1) is 0 Å². The van der Waals surface area contributed by atoms with Gasteiger partial charge in [-0.05, 0) is 28.8 Å². The smallest absolute Gasteiger partial charge is 0.164 e. The second-order valence-electron chi connectivity index (χ2n) is 10.7. The van der Waals surface area contributed by atoms with Gasteiger partial charge in [0.15, 0.2) is 17.5 Å². The molecule has 4 nitrogen and oxygen atoms in total. The van der Waals surface area contributed by atoms with Crippen molar-refractivity contribution in [3.63, 3.8) is 0 Å². The Balaban J connectivity index is 1.22. The van der Waals surface area contributed by atoms with Gasteiger partial charge in [-0.25, -0.2) is 19.9 Å². The zero-order valence-corrected chi connectivity index (χ0v) is 25.0. The maximum atomic E-state index is 5.01. The van der Waals surface area contributed by atoms with E-state index in [0.29, 0.717) is 17.5 Å². The molecule has 0 aliphatic carbocycles. The van der Waals surface area contributed by atoms with Gasteiger partial charge in [0.1, 0.15) is 5.01 Å².